The highest BCUT2D eigenvalue weighted by Gasteiger charge is 2.36. The van der Waals surface area contributed by atoms with Crippen LogP contribution in [0.15, 0.2) is 24.3 Å². The highest BCUT2D eigenvalue weighted by Crippen LogP contribution is 2.40. The summed E-state index contributed by atoms with van der Waals surface area (Å²) in [4.78, 5) is 27.1. The molecule has 3 rings (SSSR count). The van der Waals surface area contributed by atoms with E-state index < -0.39 is 0 Å². The Kier molecular flexibility index (Phi) is 10.3. The van der Waals surface area contributed by atoms with Gasteiger partial charge in [0, 0.05) is 22.8 Å². The van der Waals surface area contributed by atoms with Crippen LogP contribution in [0.4, 0.5) is 0 Å². The maximum Gasteiger partial charge on any atom is 0.201 e. The third kappa shape index (κ3) is 6.44. The number of benzene rings is 2. The average molecular weight is 549 g/mol. The van der Waals surface area contributed by atoms with E-state index in [1.54, 1.807) is 12.1 Å². The van der Waals surface area contributed by atoms with Crippen LogP contribution in [0.5, 0.6) is 17.2 Å². The average Bonchev–Trinajstić information content (AvgIpc) is 2.82. The minimum absolute atomic E-state index is 0. The van der Waals surface area contributed by atoms with Crippen LogP contribution in [0.3, 0.4) is 0 Å². The van der Waals surface area contributed by atoms with Gasteiger partial charge in [-0.15, -0.1) is 0 Å². The Morgan fingerprint density at radius 2 is 1.29 bits per heavy atom. The minimum atomic E-state index is -0.270. The lowest BCUT2D eigenvalue weighted by Gasteiger charge is -2.31. The number of ketones is 2. The van der Waals surface area contributed by atoms with Crippen LogP contribution in [0, 0.1) is 0 Å². The summed E-state index contributed by atoms with van der Waals surface area (Å²) in [5, 5.41) is 0. The summed E-state index contributed by atoms with van der Waals surface area (Å²) in [5.41, 5.74) is 2.21. The first kappa shape index (κ1) is 28.9. The van der Waals surface area contributed by atoms with E-state index in [4.69, 9.17) is 14.2 Å². The fourth-order valence-corrected chi connectivity index (χ4v) is 4.78. The molecule has 0 aliphatic heterocycles. The van der Waals surface area contributed by atoms with E-state index >= 15 is 0 Å². The number of carbonyl (C=O) groups excluding carboxylic acids is 2. The third-order valence-electron chi connectivity index (χ3n) is 6.58. The molecule has 0 fully saturated rings. The zero-order valence-corrected chi connectivity index (χ0v) is 23.4. The second kappa shape index (κ2) is 12.5. The first-order valence-corrected chi connectivity index (χ1v) is 12.1. The number of ether oxygens (including phenoxy) is 3. The number of nitrogens with zero attached hydrogens (tertiary/aromatic N) is 1. The smallest absolute Gasteiger partial charge is 0.201 e. The molecule has 0 spiro atoms. The van der Waals surface area contributed by atoms with E-state index in [2.05, 4.69) is 21.0 Å². The van der Waals surface area contributed by atoms with Gasteiger partial charge in [-0.1, -0.05) is 32.6 Å². The molecule has 0 saturated carbocycles. The minimum Gasteiger partial charge on any atom is -1.00 e. The van der Waals surface area contributed by atoms with Crippen LogP contribution >= 0.6 is 0 Å². The van der Waals surface area contributed by atoms with Gasteiger partial charge in [-0.05, 0) is 31.0 Å². The Morgan fingerprint density at radius 1 is 0.714 bits per heavy atom. The molecule has 0 unspecified atom stereocenters. The number of halogens is 1. The Labute approximate surface area is 219 Å². The van der Waals surface area contributed by atoms with Crippen molar-refractivity contribution in [3.05, 3.63) is 52.1 Å². The van der Waals surface area contributed by atoms with Gasteiger partial charge in [0.2, 0.25) is 5.78 Å². The largest absolute Gasteiger partial charge is 1.00 e. The van der Waals surface area contributed by atoms with E-state index in [1.165, 1.54) is 59.9 Å². The fraction of sp³-hybridized carbons (Fsp3) is 0.500. The summed E-state index contributed by atoms with van der Waals surface area (Å²) in [6.07, 6.45) is 7.56. The highest BCUT2D eigenvalue weighted by atomic mass is 79.9. The van der Waals surface area contributed by atoms with Crippen molar-refractivity contribution in [1.29, 1.82) is 0 Å². The number of quaternary nitrogens is 1. The molecule has 0 atom stereocenters. The molecule has 2 aromatic rings. The molecule has 0 bridgehead atoms. The molecule has 35 heavy (non-hydrogen) atoms. The van der Waals surface area contributed by atoms with Crippen molar-refractivity contribution in [2.75, 3.05) is 42.0 Å². The maximum absolute atomic E-state index is 13.5. The molecule has 1 aliphatic rings. The predicted molar refractivity (Wildman–Crippen MR) is 133 cm³/mol. The van der Waals surface area contributed by atoms with Gasteiger partial charge in [0.05, 0.1) is 53.1 Å². The Morgan fingerprint density at radius 3 is 1.89 bits per heavy atom. The van der Waals surface area contributed by atoms with Gasteiger partial charge >= 0.3 is 0 Å². The van der Waals surface area contributed by atoms with Crippen LogP contribution in [0.2, 0.25) is 0 Å². The maximum atomic E-state index is 13.5. The summed E-state index contributed by atoms with van der Waals surface area (Å²) < 4.78 is 17.2. The summed E-state index contributed by atoms with van der Waals surface area (Å²) in [6.45, 7) is 4.03. The standard InChI is InChI=1S/C28H38NO5.BrH/c1-7-8-9-10-11-12-13-29(2,3)18-19-14-21-25(23(15-19)33-5)28(31)26-22(27(21)30)16-20(32-4)17-24(26)34-6;/h14-17H,7-13,18H2,1-6H3;1H/q+1;/p-1. The van der Waals surface area contributed by atoms with Crippen molar-refractivity contribution in [1.82, 2.24) is 0 Å². The van der Waals surface area contributed by atoms with Crippen LogP contribution in [0.25, 0.3) is 0 Å². The predicted octanol–water partition coefficient (Wildman–Crippen LogP) is 2.43. The number of unbranched alkanes of at least 4 members (excludes halogenated alkanes) is 5. The lowest BCUT2D eigenvalue weighted by atomic mass is 9.82. The van der Waals surface area contributed by atoms with Crippen LogP contribution < -0.4 is 31.2 Å². The molecule has 0 N–H and O–H groups in total. The number of hydrogen-bond acceptors (Lipinski definition) is 5. The normalized spacial score (nSPS) is 12.5. The summed E-state index contributed by atoms with van der Waals surface area (Å²) in [5.74, 6) is 0.728. The zero-order chi connectivity index (χ0) is 24.9. The van der Waals surface area contributed by atoms with E-state index in [0.29, 0.717) is 33.9 Å². The highest BCUT2D eigenvalue weighted by molar-refractivity contribution is 6.30. The first-order valence-electron chi connectivity index (χ1n) is 12.1. The number of rotatable bonds is 12. The van der Waals surface area contributed by atoms with Crippen LogP contribution in [-0.4, -0.2) is 58.0 Å². The molecule has 2 aromatic carbocycles. The number of hydrogen-bond donors (Lipinski definition) is 0. The molecule has 1 aliphatic carbocycles. The van der Waals surface area contributed by atoms with Gasteiger partial charge in [-0.2, -0.15) is 0 Å². The quantitative estimate of drug-likeness (QED) is 0.257. The molecular formula is C28H38BrNO5. The van der Waals surface area contributed by atoms with E-state index in [-0.39, 0.29) is 34.1 Å². The molecule has 7 heteroatoms. The topological polar surface area (TPSA) is 61.8 Å². The SMILES string of the molecule is CCCCCCCC[N+](C)(C)Cc1cc(OC)c2c(c1)C(=O)c1cc(OC)cc(OC)c1C2=O.[Br-]. The van der Waals surface area contributed by atoms with E-state index in [9.17, 15) is 9.59 Å². The number of carbonyl (C=O) groups is 2. The molecule has 0 radical (unpaired) electrons. The molecule has 0 saturated heterocycles. The summed E-state index contributed by atoms with van der Waals surface area (Å²) in [7, 11) is 8.95. The molecule has 6 nitrogen and oxygen atoms in total. The molecule has 0 amide bonds. The zero-order valence-electron chi connectivity index (χ0n) is 21.8. The van der Waals surface area contributed by atoms with Gasteiger partial charge in [0.25, 0.3) is 0 Å². The van der Waals surface area contributed by atoms with Crippen molar-refractivity contribution < 1.29 is 45.3 Å². The molecular weight excluding hydrogens is 510 g/mol. The Hall–Kier alpha value is -2.38. The van der Waals surface area contributed by atoms with Gasteiger partial charge < -0.3 is 35.7 Å². The van der Waals surface area contributed by atoms with Gasteiger partial charge in [-0.3, -0.25) is 9.59 Å². The fourth-order valence-electron chi connectivity index (χ4n) is 4.78. The second-order valence-corrected chi connectivity index (χ2v) is 9.72. The second-order valence-electron chi connectivity index (χ2n) is 9.72. The van der Waals surface area contributed by atoms with Gasteiger partial charge in [0.15, 0.2) is 5.78 Å². The van der Waals surface area contributed by atoms with Crippen molar-refractivity contribution in [2.24, 2.45) is 0 Å². The summed E-state index contributed by atoms with van der Waals surface area (Å²) in [6, 6.07) is 6.98. The third-order valence-corrected chi connectivity index (χ3v) is 6.58. The molecule has 0 heterocycles. The van der Waals surface area contributed by atoms with E-state index in [0.717, 1.165) is 23.1 Å². The number of methoxy groups -OCH3 is 3. The van der Waals surface area contributed by atoms with Crippen molar-refractivity contribution in [3.63, 3.8) is 0 Å². The molecule has 0 aromatic heterocycles. The lowest BCUT2D eigenvalue weighted by Crippen LogP contribution is -3.00. The van der Waals surface area contributed by atoms with Crippen LogP contribution in [0.1, 0.15) is 82.9 Å². The Bertz CT molecular complexity index is 1060. The monoisotopic (exact) mass is 547 g/mol. The van der Waals surface area contributed by atoms with Gasteiger partial charge in [-0.25, -0.2) is 0 Å². The molecule has 192 valence electrons. The Balaban J connectivity index is 0.00000432. The van der Waals surface area contributed by atoms with Crippen molar-refractivity contribution >= 4 is 11.6 Å². The van der Waals surface area contributed by atoms with Crippen molar-refractivity contribution in [2.45, 2.75) is 52.0 Å². The van der Waals surface area contributed by atoms with Gasteiger partial charge in [0.1, 0.15) is 23.8 Å². The van der Waals surface area contributed by atoms with E-state index in [1.807, 2.05) is 12.1 Å². The first-order chi connectivity index (χ1) is 16.3. The number of fused-ring (bicyclic) bond motifs is 2. The lowest BCUT2D eigenvalue weighted by molar-refractivity contribution is -0.903. The summed E-state index contributed by atoms with van der Waals surface area (Å²) >= 11 is 0. The van der Waals surface area contributed by atoms with Crippen LogP contribution in [-0.2, 0) is 6.54 Å². The van der Waals surface area contributed by atoms with Crippen molar-refractivity contribution in [3.8, 4) is 17.2 Å².